The van der Waals surface area contributed by atoms with Gasteiger partial charge in [-0.2, -0.15) is 0 Å². The first-order chi connectivity index (χ1) is 11.0. The van der Waals surface area contributed by atoms with E-state index >= 15 is 0 Å². The van der Waals surface area contributed by atoms with E-state index in [9.17, 15) is 9.59 Å². The molecule has 0 bridgehead atoms. The lowest BCUT2D eigenvalue weighted by Crippen LogP contribution is -2.50. The second kappa shape index (κ2) is 6.36. The van der Waals surface area contributed by atoms with Gasteiger partial charge in [-0.3, -0.25) is 14.6 Å². The fourth-order valence-corrected chi connectivity index (χ4v) is 2.97. The Morgan fingerprint density at radius 1 is 1.09 bits per heavy atom. The fraction of sp³-hybridized carbons (Fsp3) is 0.389. The highest BCUT2D eigenvalue weighted by Gasteiger charge is 2.23. The summed E-state index contributed by atoms with van der Waals surface area (Å²) in [5, 5.41) is 1.09. The van der Waals surface area contributed by atoms with Crippen LogP contribution in [0.2, 0.25) is 0 Å². The minimum absolute atomic E-state index is 0.0733. The van der Waals surface area contributed by atoms with Crippen LogP contribution in [-0.2, 0) is 16.0 Å². The molecular formula is C18H21N3O2. The van der Waals surface area contributed by atoms with Gasteiger partial charge in [-0.05, 0) is 24.6 Å². The highest BCUT2D eigenvalue weighted by atomic mass is 16.2. The van der Waals surface area contributed by atoms with Crippen molar-refractivity contribution >= 4 is 22.7 Å². The van der Waals surface area contributed by atoms with Crippen molar-refractivity contribution in [1.29, 1.82) is 0 Å². The molecule has 0 radical (unpaired) electrons. The molecular weight excluding hydrogens is 290 g/mol. The summed E-state index contributed by atoms with van der Waals surface area (Å²) in [5.41, 5.74) is 2.80. The number of fused-ring (bicyclic) bond motifs is 1. The molecule has 3 rings (SSSR count). The van der Waals surface area contributed by atoms with Gasteiger partial charge in [0, 0.05) is 38.5 Å². The Balaban J connectivity index is 1.71. The molecule has 1 aromatic heterocycles. The minimum Gasteiger partial charge on any atom is -0.339 e. The van der Waals surface area contributed by atoms with E-state index in [1.165, 1.54) is 0 Å². The third-order valence-corrected chi connectivity index (χ3v) is 4.42. The van der Waals surface area contributed by atoms with Crippen molar-refractivity contribution in [2.75, 3.05) is 26.2 Å². The van der Waals surface area contributed by atoms with Crippen LogP contribution in [0.15, 0.2) is 30.3 Å². The van der Waals surface area contributed by atoms with E-state index in [1.54, 1.807) is 11.8 Å². The molecule has 2 amide bonds. The number of rotatable bonds is 2. The Kier molecular flexibility index (Phi) is 4.28. The number of pyridine rings is 1. The largest absolute Gasteiger partial charge is 0.339 e. The average Bonchev–Trinajstić information content (AvgIpc) is 2.55. The second-order valence-corrected chi connectivity index (χ2v) is 6.01. The van der Waals surface area contributed by atoms with E-state index in [1.807, 2.05) is 36.1 Å². The molecule has 1 aliphatic rings. The summed E-state index contributed by atoms with van der Waals surface area (Å²) in [5.74, 6) is 0.156. The predicted molar refractivity (Wildman–Crippen MR) is 89.0 cm³/mol. The molecule has 1 saturated heterocycles. The Morgan fingerprint density at radius 2 is 1.74 bits per heavy atom. The highest BCUT2D eigenvalue weighted by Crippen LogP contribution is 2.17. The number of benzene rings is 1. The summed E-state index contributed by atoms with van der Waals surface area (Å²) in [4.78, 5) is 32.1. The molecule has 0 saturated carbocycles. The van der Waals surface area contributed by atoms with Gasteiger partial charge < -0.3 is 9.80 Å². The van der Waals surface area contributed by atoms with Crippen molar-refractivity contribution in [3.63, 3.8) is 0 Å². The van der Waals surface area contributed by atoms with E-state index in [0.717, 1.165) is 22.2 Å². The van der Waals surface area contributed by atoms with Crippen molar-refractivity contribution < 1.29 is 9.59 Å². The molecule has 1 fully saturated rings. The maximum atomic E-state index is 12.5. The molecule has 0 N–H and O–H groups in total. The van der Waals surface area contributed by atoms with E-state index in [0.29, 0.717) is 32.6 Å². The van der Waals surface area contributed by atoms with Gasteiger partial charge in [-0.15, -0.1) is 0 Å². The number of carbonyl (C=O) groups excluding carboxylic acids is 2. The molecule has 0 spiro atoms. The highest BCUT2D eigenvalue weighted by molar-refractivity contribution is 5.83. The quantitative estimate of drug-likeness (QED) is 0.849. The Hall–Kier alpha value is -2.43. The molecule has 0 unspecified atom stereocenters. The van der Waals surface area contributed by atoms with Crippen LogP contribution in [0.25, 0.3) is 10.9 Å². The Labute approximate surface area is 135 Å². The van der Waals surface area contributed by atoms with Crippen molar-refractivity contribution in [2.45, 2.75) is 20.3 Å². The van der Waals surface area contributed by atoms with Crippen LogP contribution in [0.5, 0.6) is 0 Å². The van der Waals surface area contributed by atoms with Gasteiger partial charge in [0.15, 0.2) is 0 Å². The monoisotopic (exact) mass is 311 g/mol. The third-order valence-electron chi connectivity index (χ3n) is 4.42. The lowest BCUT2D eigenvalue weighted by molar-refractivity contribution is -0.138. The summed E-state index contributed by atoms with van der Waals surface area (Å²) >= 11 is 0. The molecule has 1 aromatic carbocycles. The molecule has 23 heavy (non-hydrogen) atoms. The van der Waals surface area contributed by atoms with E-state index in [4.69, 9.17) is 0 Å². The lowest BCUT2D eigenvalue weighted by atomic mass is 10.1. The zero-order valence-electron chi connectivity index (χ0n) is 13.6. The van der Waals surface area contributed by atoms with Crippen LogP contribution < -0.4 is 0 Å². The first-order valence-corrected chi connectivity index (χ1v) is 7.93. The van der Waals surface area contributed by atoms with Gasteiger partial charge in [-0.25, -0.2) is 0 Å². The van der Waals surface area contributed by atoms with Gasteiger partial charge in [0.05, 0.1) is 17.6 Å². The van der Waals surface area contributed by atoms with Crippen LogP contribution in [0.1, 0.15) is 18.2 Å². The summed E-state index contributed by atoms with van der Waals surface area (Å²) in [7, 11) is 0. The summed E-state index contributed by atoms with van der Waals surface area (Å²) in [6, 6.07) is 10.0. The van der Waals surface area contributed by atoms with Crippen molar-refractivity contribution in [3.05, 3.63) is 41.6 Å². The van der Waals surface area contributed by atoms with E-state index < -0.39 is 0 Å². The van der Waals surface area contributed by atoms with E-state index in [-0.39, 0.29) is 11.8 Å². The second-order valence-electron chi connectivity index (χ2n) is 6.01. The Bertz CT molecular complexity index is 749. The number of nitrogens with zero attached hydrogens (tertiary/aromatic N) is 3. The lowest BCUT2D eigenvalue weighted by Gasteiger charge is -2.34. The molecule has 120 valence electrons. The maximum absolute atomic E-state index is 12.5. The number of hydrogen-bond donors (Lipinski definition) is 0. The molecule has 0 aliphatic carbocycles. The maximum Gasteiger partial charge on any atom is 0.228 e. The molecule has 2 heterocycles. The first kappa shape index (κ1) is 15.5. The number of aryl methyl sites for hydroxylation is 1. The van der Waals surface area contributed by atoms with Crippen LogP contribution >= 0.6 is 0 Å². The smallest absolute Gasteiger partial charge is 0.228 e. The predicted octanol–water partition coefficient (Wildman–Crippen LogP) is 1.78. The van der Waals surface area contributed by atoms with Crippen LogP contribution in [0.4, 0.5) is 0 Å². The zero-order valence-corrected chi connectivity index (χ0v) is 13.6. The minimum atomic E-state index is 0.0733. The molecule has 1 aliphatic heterocycles. The Morgan fingerprint density at radius 3 is 2.43 bits per heavy atom. The van der Waals surface area contributed by atoms with E-state index in [2.05, 4.69) is 11.1 Å². The number of hydrogen-bond acceptors (Lipinski definition) is 3. The van der Waals surface area contributed by atoms with Gasteiger partial charge in [0.2, 0.25) is 11.8 Å². The van der Waals surface area contributed by atoms with Crippen LogP contribution in [0, 0.1) is 6.92 Å². The molecule has 2 aromatic rings. The zero-order chi connectivity index (χ0) is 16.4. The topological polar surface area (TPSA) is 53.5 Å². The summed E-state index contributed by atoms with van der Waals surface area (Å²) in [6.45, 7) is 6.00. The summed E-state index contributed by atoms with van der Waals surface area (Å²) in [6.07, 6.45) is 0.316. The molecule has 0 atom stereocenters. The van der Waals surface area contributed by atoms with Crippen LogP contribution in [0.3, 0.4) is 0 Å². The first-order valence-electron chi connectivity index (χ1n) is 7.93. The number of para-hydroxylation sites is 1. The van der Waals surface area contributed by atoms with Crippen molar-refractivity contribution in [3.8, 4) is 0 Å². The normalized spacial score (nSPS) is 15.0. The van der Waals surface area contributed by atoms with Gasteiger partial charge in [0.25, 0.3) is 0 Å². The van der Waals surface area contributed by atoms with Crippen molar-refractivity contribution in [1.82, 2.24) is 14.8 Å². The van der Waals surface area contributed by atoms with Gasteiger partial charge in [-0.1, -0.05) is 18.2 Å². The van der Waals surface area contributed by atoms with Crippen molar-refractivity contribution in [2.24, 2.45) is 0 Å². The average molecular weight is 311 g/mol. The third kappa shape index (κ3) is 3.33. The number of carbonyl (C=O) groups is 2. The standard InChI is InChI=1S/C18H21N3O2/c1-13-11-15-5-3-4-6-16(15)19-17(13)12-18(23)21-9-7-20(8-10-21)14(2)22/h3-6,11H,7-10,12H2,1-2H3. The number of piperazine rings is 1. The molecule has 5 heteroatoms. The van der Waals surface area contributed by atoms with Crippen LogP contribution in [-0.4, -0.2) is 52.8 Å². The number of amides is 2. The summed E-state index contributed by atoms with van der Waals surface area (Å²) < 4.78 is 0. The van der Waals surface area contributed by atoms with Gasteiger partial charge in [0.1, 0.15) is 0 Å². The fourth-order valence-electron chi connectivity index (χ4n) is 2.97. The SMILES string of the molecule is CC(=O)N1CCN(C(=O)Cc2nc3ccccc3cc2C)CC1. The van der Waals surface area contributed by atoms with Gasteiger partial charge >= 0.3 is 0 Å². The number of aromatic nitrogens is 1. The molecule has 5 nitrogen and oxygen atoms in total.